The Kier molecular flexibility index (Phi) is 6.33. The number of aryl methyl sites for hydroxylation is 2. The number of rotatable bonds is 6. The average Bonchev–Trinajstić information content (AvgIpc) is 3.13. The van der Waals surface area contributed by atoms with E-state index in [2.05, 4.69) is 10.2 Å². The molecule has 10 heteroatoms. The highest BCUT2D eigenvalue weighted by molar-refractivity contribution is 7.99. The molecule has 1 aliphatic heterocycles. The van der Waals surface area contributed by atoms with Crippen LogP contribution in [0.4, 0.5) is 19.1 Å². The van der Waals surface area contributed by atoms with Gasteiger partial charge in [0.25, 0.3) is 0 Å². The van der Waals surface area contributed by atoms with Gasteiger partial charge in [0.2, 0.25) is 5.95 Å². The third kappa shape index (κ3) is 4.97. The average molecular weight is 440 g/mol. The van der Waals surface area contributed by atoms with Gasteiger partial charge < -0.3 is 9.64 Å². The molecule has 1 aromatic carbocycles. The van der Waals surface area contributed by atoms with Crippen molar-refractivity contribution in [2.75, 3.05) is 37.0 Å². The first-order chi connectivity index (χ1) is 14.4. The van der Waals surface area contributed by atoms with E-state index in [1.165, 1.54) is 11.1 Å². The van der Waals surface area contributed by atoms with Crippen LogP contribution in [0.2, 0.25) is 0 Å². The predicted octanol–water partition coefficient (Wildman–Crippen LogP) is 3.53. The van der Waals surface area contributed by atoms with Crippen LogP contribution in [0.5, 0.6) is 0 Å². The molecule has 1 aromatic heterocycles. The summed E-state index contributed by atoms with van der Waals surface area (Å²) in [5.41, 5.74) is 3.08. The zero-order chi connectivity index (χ0) is 21.1. The number of ketones is 1. The number of alkyl halides is 3. The number of anilines is 1. The van der Waals surface area contributed by atoms with E-state index >= 15 is 0 Å². The Balaban J connectivity index is 1.49. The number of hydrogen-bond donors (Lipinski definition) is 0. The first kappa shape index (κ1) is 21.2. The van der Waals surface area contributed by atoms with Crippen molar-refractivity contribution in [2.45, 2.75) is 43.6 Å². The van der Waals surface area contributed by atoms with E-state index < -0.39 is 12.7 Å². The molecule has 0 atom stereocenters. The van der Waals surface area contributed by atoms with E-state index in [-0.39, 0.29) is 22.6 Å². The van der Waals surface area contributed by atoms with Gasteiger partial charge in [-0.05, 0) is 42.9 Å². The Morgan fingerprint density at radius 3 is 2.57 bits per heavy atom. The lowest BCUT2D eigenvalue weighted by atomic mass is 9.90. The van der Waals surface area contributed by atoms with Crippen molar-refractivity contribution < 1.29 is 22.7 Å². The van der Waals surface area contributed by atoms with Crippen LogP contribution in [0.3, 0.4) is 0 Å². The van der Waals surface area contributed by atoms with E-state index in [1.54, 1.807) is 4.90 Å². The Morgan fingerprint density at radius 2 is 1.83 bits per heavy atom. The van der Waals surface area contributed by atoms with Gasteiger partial charge in [0.15, 0.2) is 10.9 Å². The normalized spacial score (nSPS) is 17.1. The number of benzene rings is 1. The van der Waals surface area contributed by atoms with Crippen molar-refractivity contribution in [3.05, 3.63) is 34.9 Å². The molecule has 2 heterocycles. The van der Waals surface area contributed by atoms with Crippen LogP contribution >= 0.6 is 11.8 Å². The lowest BCUT2D eigenvalue weighted by molar-refractivity contribution is -0.141. The third-order valence-corrected chi connectivity index (χ3v) is 6.30. The summed E-state index contributed by atoms with van der Waals surface area (Å²) in [6.07, 6.45) is -0.141. The van der Waals surface area contributed by atoms with Crippen molar-refractivity contribution in [1.82, 2.24) is 14.8 Å². The third-order valence-electron chi connectivity index (χ3n) is 5.33. The molecule has 0 spiro atoms. The lowest BCUT2D eigenvalue weighted by Crippen LogP contribution is -2.38. The highest BCUT2D eigenvalue weighted by Gasteiger charge is 2.33. The van der Waals surface area contributed by atoms with Crippen LogP contribution in [0, 0.1) is 0 Å². The molecular weight excluding hydrogens is 417 g/mol. The molecule has 6 nitrogen and oxygen atoms in total. The summed E-state index contributed by atoms with van der Waals surface area (Å²) in [6, 6.07) is 5.73. The van der Waals surface area contributed by atoms with E-state index in [0.717, 1.165) is 42.0 Å². The molecule has 30 heavy (non-hydrogen) atoms. The SMILES string of the molecule is O=C(CSc1nnc(N2CCOCC2)n1CC(F)(F)F)c1ccc2c(c1)CCCC2. The van der Waals surface area contributed by atoms with Crippen molar-refractivity contribution in [3.63, 3.8) is 0 Å². The summed E-state index contributed by atoms with van der Waals surface area (Å²) >= 11 is 0.995. The minimum Gasteiger partial charge on any atom is -0.378 e. The summed E-state index contributed by atoms with van der Waals surface area (Å²) < 4.78 is 45.8. The molecule has 2 aliphatic rings. The second kappa shape index (κ2) is 8.97. The molecular formula is C20H23F3N4O2S. The highest BCUT2D eigenvalue weighted by Crippen LogP contribution is 2.29. The van der Waals surface area contributed by atoms with Crippen LogP contribution in [-0.2, 0) is 24.1 Å². The van der Waals surface area contributed by atoms with Gasteiger partial charge in [0, 0.05) is 18.7 Å². The van der Waals surface area contributed by atoms with Crippen LogP contribution < -0.4 is 4.90 Å². The number of aromatic nitrogens is 3. The van der Waals surface area contributed by atoms with Crippen molar-refractivity contribution in [2.24, 2.45) is 0 Å². The van der Waals surface area contributed by atoms with E-state index in [0.29, 0.717) is 31.9 Å². The molecule has 1 saturated heterocycles. The molecule has 0 amide bonds. The molecule has 2 aromatic rings. The molecule has 1 fully saturated rings. The molecule has 0 N–H and O–H groups in total. The Morgan fingerprint density at radius 1 is 1.10 bits per heavy atom. The van der Waals surface area contributed by atoms with Gasteiger partial charge in [-0.3, -0.25) is 9.36 Å². The second-order valence-corrected chi connectivity index (χ2v) is 8.43. The highest BCUT2D eigenvalue weighted by atomic mass is 32.2. The number of thioether (sulfide) groups is 1. The zero-order valence-corrected chi connectivity index (χ0v) is 17.3. The van der Waals surface area contributed by atoms with Gasteiger partial charge in [-0.15, -0.1) is 10.2 Å². The number of Topliss-reactive ketones (excluding diaryl/α,β-unsaturated/α-hetero) is 1. The van der Waals surface area contributed by atoms with E-state index in [9.17, 15) is 18.0 Å². The van der Waals surface area contributed by atoms with Gasteiger partial charge in [-0.2, -0.15) is 13.2 Å². The molecule has 0 bridgehead atoms. The van der Waals surface area contributed by atoms with Crippen molar-refractivity contribution in [3.8, 4) is 0 Å². The fourth-order valence-electron chi connectivity index (χ4n) is 3.82. The minimum atomic E-state index is -4.42. The monoisotopic (exact) mass is 440 g/mol. The predicted molar refractivity (Wildman–Crippen MR) is 107 cm³/mol. The molecule has 4 rings (SSSR count). The van der Waals surface area contributed by atoms with Gasteiger partial charge in [-0.1, -0.05) is 23.9 Å². The Hall–Kier alpha value is -2.07. The maximum atomic E-state index is 13.2. The molecule has 0 saturated carbocycles. The maximum absolute atomic E-state index is 13.2. The summed E-state index contributed by atoms with van der Waals surface area (Å²) in [4.78, 5) is 14.4. The Labute approximate surface area is 176 Å². The standard InChI is InChI=1S/C20H23F3N4O2S/c21-20(22,23)13-27-18(26-7-9-29-10-8-26)24-25-19(27)30-12-17(28)16-6-5-14-3-1-2-4-15(14)11-16/h5-6,11H,1-4,7-10,12-13H2. The number of ether oxygens (including phenoxy) is 1. The first-order valence-electron chi connectivity index (χ1n) is 10.0. The Bertz CT molecular complexity index is 910. The molecule has 0 radical (unpaired) electrons. The van der Waals surface area contributed by atoms with Gasteiger partial charge in [0.1, 0.15) is 6.54 Å². The van der Waals surface area contributed by atoms with Gasteiger partial charge in [0.05, 0.1) is 19.0 Å². The van der Waals surface area contributed by atoms with Gasteiger partial charge >= 0.3 is 6.18 Å². The summed E-state index contributed by atoms with van der Waals surface area (Å²) in [5.74, 6) is 0.0555. The first-order valence-corrected chi connectivity index (χ1v) is 11.0. The van der Waals surface area contributed by atoms with Crippen molar-refractivity contribution in [1.29, 1.82) is 0 Å². The smallest absolute Gasteiger partial charge is 0.378 e. The maximum Gasteiger partial charge on any atom is 0.406 e. The van der Waals surface area contributed by atoms with Crippen molar-refractivity contribution >= 4 is 23.5 Å². The summed E-state index contributed by atoms with van der Waals surface area (Å²) in [7, 11) is 0. The fourth-order valence-corrected chi connectivity index (χ4v) is 4.65. The number of fused-ring (bicyclic) bond motifs is 1. The number of hydrogen-bond acceptors (Lipinski definition) is 6. The van der Waals surface area contributed by atoms with Gasteiger partial charge in [-0.25, -0.2) is 0 Å². The molecule has 0 unspecified atom stereocenters. The van der Waals surface area contributed by atoms with Crippen LogP contribution in [-0.4, -0.2) is 58.8 Å². The largest absolute Gasteiger partial charge is 0.406 e. The van der Waals surface area contributed by atoms with Crippen LogP contribution in [0.15, 0.2) is 23.4 Å². The second-order valence-electron chi connectivity index (χ2n) is 7.49. The number of carbonyl (C=O) groups is 1. The number of halogens is 3. The minimum absolute atomic E-state index is 0.0118. The van der Waals surface area contributed by atoms with E-state index in [1.807, 2.05) is 18.2 Å². The number of morpholine rings is 1. The number of nitrogens with zero attached hydrogens (tertiary/aromatic N) is 4. The topological polar surface area (TPSA) is 60.3 Å². The fraction of sp³-hybridized carbons (Fsp3) is 0.550. The quantitative estimate of drug-likeness (QED) is 0.506. The van der Waals surface area contributed by atoms with Crippen LogP contribution in [0.1, 0.15) is 34.3 Å². The number of carbonyl (C=O) groups excluding carboxylic acids is 1. The van der Waals surface area contributed by atoms with Crippen LogP contribution in [0.25, 0.3) is 0 Å². The summed E-state index contributed by atoms with van der Waals surface area (Å²) in [6.45, 7) is 0.571. The lowest BCUT2D eigenvalue weighted by Gasteiger charge is -2.28. The molecule has 1 aliphatic carbocycles. The van der Waals surface area contributed by atoms with E-state index in [4.69, 9.17) is 4.74 Å². The summed E-state index contributed by atoms with van der Waals surface area (Å²) in [5, 5.41) is 8.03. The molecule has 162 valence electrons. The zero-order valence-electron chi connectivity index (χ0n) is 16.5.